The van der Waals surface area contributed by atoms with Crippen LogP contribution in [0.15, 0.2) is 48.5 Å². The minimum atomic E-state index is -0.977. The molecule has 0 aliphatic rings. The molecule has 0 unspecified atom stereocenters. The van der Waals surface area contributed by atoms with Gasteiger partial charge in [-0.15, -0.1) is 0 Å². The van der Waals surface area contributed by atoms with E-state index in [2.05, 4.69) is 10.3 Å². The molecule has 3 aromatic rings. The highest BCUT2D eigenvalue weighted by Gasteiger charge is 2.20. The van der Waals surface area contributed by atoms with Gasteiger partial charge in [-0.05, 0) is 37.3 Å². The summed E-state index contributed by atoms with van der Waals surface area (Å²) in [6.07, 6.45) is -0.977. The first kappa shape index (κ1) is 17.8. The average Bonchev–Trinajstić information content (AvgIpc) is 3.06. The van der Waals surface area contributed by atoms with Crippen LogP contribution in [0.1, 0.15) is 17.4 Å². The van der Waals surface area contributed by atoms with Crippen LogP contribution in [-0.2, 0) is 9.53 Å². The first-order valence-corrected chi connectivity index (χ1v) is 8.29. The number of hydrogen-bond donors (Lipinski definition) is 2. The highest BCUT2D eigenvalue weighted by atomic mass is 35.5. The summed E-state index contributed by atoms with van der Waals surface area (Å²) >= 11 is 6.03. The van der Waals surface area contributed by atoms with E-state index in [1.54, 1.807) is 24.3 Å². The standard InChI is InChI=1S/C19H17ClN2O4/c1-11(18(23)21-13-7-8-17(25-2)14(20)10-13)26-19(24)16-9-12-5-3-4-6-15(12)22-16/h3-11,22H,1-2H3,(H,21,23)/t11-/m0/s1. The SMILES string of the molecule is COc1ccc(NC(=O)[C@H](C)OC(=O)c2cc3ccccc3[nH]2)cc1Cl. The monoisotopic (exact) mass is 372 g/mol. The molecule has 26 heavy (non-hydrogen) atoms. The third-order valence-corrected chi connectivity index (χ3v) is 4.12. The molecular weight excluding hydrogens is 356 g/mol. The number of nitrogens with one attached hydrogen (secondary N) is 2. The molecular formula is C19H17ClN2O4. The highest BCUT2D eigenvalue weighted by Crippen LogP contribution is 2.27. The van der Waals surface area contributed by atoms with Crippen LogP contribution in [0, 0.1) is 0 Å². The molecule has 1 atom stereocenters. The van der Waals surface area contributed by atoms with Crippen LogP contribution in [0.5, 0.6) is 5.75 Å². The van der Waals surface area contributed by atoms with Crippen molar-refractivity contribution >= 4 is 40.1 Å². The summed E-state index contributed by atoms with van der Waals surface area (Å²) in [4.78, 5) is 27.5. The molecule has 0 spiro atoms. The molecule has 0 radical (unpaired) electrons. The van der Waals surface area contributed by atoms with E-state index in [0.717, 1.165) is 10.9 Å². The normalized spacial score (nSPS) is 11.8. The number of fused-ring (bicyclic) bond motifs is 1. The Morgan fingerprint density at radius 3 is 2.62 bits per heavy atom. The number of carbonyl (C=O) groups is 2. The predicted octanol–water partition coefficient (Wildman–Crippen LogP) is 4.01. The van der Waals surface area contributed by atoms with Crippen LogP contribution in [-0.4, -0.2) is 30.1 Å². The maximum absolute atomic E-state index is 12.2. The Hall–Kier alpha value is -2.99. The lowest BCUT2D eigenvalue weighted by Gasteiger charge is -2.13. The summed E-state index contributed by atoms with van der Waals surface area (Å²) in [6.45, 7) is 1.50. The van der Waals surface area contributed by atoms with E-state index in [-0.39, 0.29) is 0 Å². The highest BCUT2D eigenvalue weighted by molar-refractivity contribution is 6.32. The smallest absolute Gasteiger partial charge is 0.355 e. The van der Waals surface area contributed by atoms with Crippen molar-refractivity contribution in [2.75, 3.05) is 12.4 Å². The van der Waals surface area contributed by atoms with Gasteiger partial charge in [0.25, 0.3) is 5.91 Å². The quantitative estimate of drug-likeness (QED) is 0.663. The number of aromatic amines is 1. The van der Waals surface area contributed by atoms with E-state index in [0.29, 0.717) is 22.2 Å². The van der Waals surface area contributed by atoms with Crippen LogP contribution in [0.3, 0.4) is 0 Å². The zero-order chi connectivity index (χ0) is 18.7. The summed E-state index contributed by atoms with van der Waals surface area (Å²) in [5, 5.41) is 3.91. The molecule has 0 bridgehead atoms. The van der Waals surface area contributed by atoms with Crippen LogP contribution in [0.25, 0.3) is 10.9 Å². The fourth-order valence-electron chi connectivity index (χ4n) is 2.45. The lowest BCUT2D eigenvalue weighted by molar-refractivity contribution is -0.123. The Balaban J connectivity index is 1.64. The second kappa shape index (κ2) is 7.49. The predicted molar refractivity (Wildman–Crippen MR) is 99.8 cm³/mol. The van der Waals surface area contributed by atoms with E-state index in [9.17, 15) is 9.59 Å². The molecule has 1 amide bonds. The first-order valence-electron chi connectivity index (χ1n) is 7.91. The number of benzene rings is 2. The number of anilines is 1. The fourth-order valence-corrected chi connectivity index (χ4v) is 2.71. The van der Waals surface area contributed by atoms with E-state index >= 15 is 0 Å². The number of amides is 1. The number of rotatable bonds is 5. The van der Waals surface area contributed by atoms with Crippen molar-refractivity contribution in [3.8, 4) is 5.75 Å². The summed E-state index contributed by atoms with van der Waals surface area (Å²) in [7, 11) is 1.50. The van der Waals surface area contributed by atoms with Crippen molar-refractivity contribution in [1.29, 1.82) is 0 Å². The minimum absolute atomic E-state index is 0.290. The number of aromatic nitrogens is 1. The number of methoxy groups -OCH3 is 1. The van der Waals surface area contributed by atoms with Gasteiger partial charge in [-0.1, -0.05) is 29.8 Å². The summed E-state index contributed by atoms with van der Waals surface area (Å²) in [6, 6.07) is 14.0. The molecule has 1 heterocycles. The zero-order valence-electron chi connectivity index (χ0n) is 14.2. The molecule has 3 rings (SSSR count). The fraction of sp³-hybridized carbons (Fsp3) is 0.158. The second-order valence-electron chi connectivity index (χ2n) is 5.66. The largest absolute Gasteiger partial charge is 0.495 e. The number of halogens is 1. The lowest BCUT2D eigenvalue weighted by atomic mass is 10.2. The van der Waals surface area contributed by atoms with E-state index < -0.39 is 18.0 Å². The molecule has 0 saturated heterocycles. The van der Waals surface area contributed by atoms with Gasteiger partial charge < -0.3 is 19.8 Å². The van der Waals surface area contributed by atoms with Crippen molar-refractivity contribution < 1.29 is 19.1 Å². The van der Waals surface area contributed by atoms with Gasteiger partial charge in [0.15, 0.2) is 6.10 Å². The summed E-state index contributed by atoms with van der Waals surface area (Å²) in [5.74, 6) is -0.560. The third-order valence-electron chi connectivity index (χ3n) is 3.82. The maximum Gasteiger partial charge on any atom is 0.355 e. The Bertz CT molecular complexity index is 934. The van der Waals surface area contributed by atoms with E-state index in [4.69, 9.17) is 21.1 Å². The number of carbonyl (C=O) groups excluding carboxylic acids is 2. The summed E-state index contributed by atoms with van der Waals surface area (Å²) in [5.41, 5.74) is 1.59. The van der Waals surface area contributed by atoms with Gasteiger partial charge >= 0.3 is 5.97 Å². The van der Waals surface area contributed by atoms with E-state index in [1.807, 2.05) is 24.3 Å². The van der Waals surface area contributed by atoms with Gasteiger partial charge in [-0.2, -0.15) is 0 Å². The van der Waals surface area contributed by atoms with Gasteiger partial charge in [-0.3, -0.25) is 4.79 Å². The van der Waals surface area contributed by atoms with Crippen molar-refractivity contribution in [3.05, 3.63) is 59.2 Å². The van der Waals surface area contributed by atoms with Crippen LogP contribution >= 0.6 is 11.6 Å². The number of ether oxygens (including phenoxy) is 2. The lowest BCUT2D eigenvalue weighted by Crippen LogP contribution is -2.30. The van der Waals surface area contributed by atoms with Gasteiger partial charge in [0.05, 0.1) is 12.1 Å². The maximum atomic E-state index is 12.2. The molecule has 0 aliphatic heterocycles. The van der Waals surface area contributed by atoms with Crippen molar-refractivity contribution in [2.24, 2.45) is 0 Å². The Kier molecular flexibility index (Phi) is 5.14. The third kappa shape index (κ3) is 3.81. The van der Waals surface area contributed by atoms with Crippen molar-refractivity contribution in [1.82, 2.24) is 4.98 Å². The molecule has 6 nitrogen and oxygen atoms in total. The average molecular weight is 373 g/mol. The molecule has 0 aliphatic carbocycles. The van der Waals surface area contributed by atoms with Crippen LogP contribution in [0.4, 0.5) is 5.69 Å². The molecule has 2 aromatic carbocycles. The molecule has 2 N–H and O–H groups in total. The minimum Gasteiger partial charge on any atom is -0.495 e. The van der Waals surface area contributed by atoms with Crippen LogP contribution < -0.4 is 10.1 Å². The first-order chi connectivity index (χ1) is 12.5. The Morgan fingerprint density at radius 1 is 1.15 bits per heavy atom. The Labute approximate surface area is 155 Å². The topological polar surface area (TPSA) is 80.4 Å². The number of H-pyrrole nitrogens is 1. The number of para-hydroxylation sites is 1. The van der Waals surface area contributed by atoms with Gasteiger partial charge in [0.2, 0.25) is 0 Å². The number of hydrogen-bond acceptors (Lipinski definition) is 4. The molecule has 7 heteroatoms. The second-order valence-corrected chi connectivity index (χ2v) is 6.06. The molecule has 0 fully saturated rings. The van der Waals surface area contributed by atoms with Crippen molar-refractivity contribution in [2.45, 2.75) is 13.0 Å². The van der Waals surface area contributed by atoms with Gasteiger partial charge in [-0.25, -0.2) is 4.79 Å². The summed E-state index contributed by atoms with van der Waals surface area (Å²) < 4.78 is 10.3. The van der Waals surface area contributed by atoms with E-state index in [1.165, 1.54) is 14.0 Å². The van der Waals surface area contributed by atoms with Crippen LogP contribution in [0.2, 0.25) is 5.02 Å². The van der Waals surface area contributed by atoms with Gasteiger partial charge in [0, 0.05) is 16.6 Å². The number of esters is 1. The molecule has 1 aromatic heterocycles. The molecule has 134 valence electrons. The Morgan fingerprint density at radius 2 is 1.92 bits per heavy atom. The van der Waals surface area contributed by atoms with Gasteiger partial charge in [0.1, 0.15) is 11.4 Å². The molecule has 0 saturated carbocycles. The zero-order valence-corrected chi connectivity index (χ0v) is 15.0. The van der Waals surface area contributed by atoms with Crippen molar-refractivity contribution in [3.63, 3.8) is 0 Å².